The van der Waals surface area contributed by atoms with Crippen molar-refractivity contribution in [2.24, 2.45) is 0 Å². The highest BCUT2D eigenvalue weighted by atomic mass is 16.5. The summed E-state index contributed by atoms with van der Waals surface area (Å²) in [7, 11) is 0. The van der Waals surface area contributed by atoms with E-state index in [0.717, 1.165) is 32.1 Å². The highest BCUT2D eigenvalue weighted by molar-refractivity contribution is 5.96. The quantitative estimate of drug-likeness (QED) is 0.893. The van der Waals surface area contributed by atoms with Gasteiger partial charge >= 0.3 is 5.97 Å². The van der Waals surface area contributed by atoms with Crippen molar-refractivity contribution in [3.63, 3.8) is 0 Å². The van der Waals surface area contributed by atoms with Crippen molar-refractivity contribution in [2.75, 3.05) is 0 Å². The Morgan fingerprint density at radius 1 is 1.12 bits per heavy atom. The van der Waals surface area contributed by atoms with Gasteiger partial charge in [0.25, 0.3) is 5.91 Å². The summed E-state index contributed by atoms with van der Waals surface area (Å²) in [6, 6.07) is 5.86. The molecule has 1 aromatic carbocycles. The van der Waals surface area contributed by atoms with E-state index in [1.54, 1.807) is 6.92 Å². The molecule has 1 aliphatic carbocycles. The van der Waals surface area contributed by atoms with Crippen LogP contribution in [-0.2, 0) is 5.54 Å². The van der Waals surface area contributed by atoms with Crippen LogP contribution < -0.4 is 5.32 Å². The van der Waals surface area contributed by atoms with Crippen LogP contribution in [-0.4, -0.2) is 27.1 Å². The Hall–Kier alpha value is -2.70. The molecule has 1 fully saturated rings. The van der Waals surface area contributed by atoms with Crippen LogP contribution >= 0.6 is 0 Å². The standard InChI is InChI=1S/C17H19N3O4/c1-11-18-16(20-24-11)17(9-3-2-4-10-17)19-14(21)12-5-7-13(8-6-12)15(22)23/h5-8H,2-4,9-10H2,1H3,(H,19,21)(H,22,23). The molecule has 0 atom stereocenters. The van der Waals surface area contributed by atoms with Crippen molar-refractivity contribution < 1.29 is 19.2 Å². The predicted octanol–water partition coefficient (Wildman–Crippen LogP) is 2.67. The summed E-state index contributed by atoms with van der Waals surface area (Å²) in [4.78, 5) is 27.9. The molecule has 0 saturated heterocycles. The van der Waals surface area contributed by atoms with E-state index >= 15 is 0 Å². The smallest absolute Gasteiger partial charge is 0.335 e. The van der Waals surface area contributed by atoms with Crippen molar-refractivity contribution in [1.29, 1.82) is 0 Å². The van der Waals surface area contributed by atoms with Gasteiger partial charge in [-0.15, -0.1) is 0 Å². The number of carboxylic acid groups (broad SMARTS) is 1. The second-order valence-corrected chi connectivity index (χ2v) is 6.12. The first-order valence-electron chi connectivity index (χ1n) is 7.97. The Morgan fingerprint density at radius 3 is 2.29 bits per heavy atom. The lowest BCUT2D eigenvalue weighted by Crippen LogP contribution is -2.48. The lowest BCUT2D eigenvalue weighted by atomic mass is 9.80. The first-order valence-corrected chi connectivity index (χ1v) is 7.97. The van der Waals surface area contributed by atoms with Gasteiger partial charge in [0.15, 0.2) is 5.82 Å². The number of carbonyl (C=O) groups excluding carboxylic acids is 1. The lowest BCUT2D eigenvalue weighted by Gasteiger charge is -2.35. The Labute approximate surface area is 139 Å². The number of amides is 1. The number of aromatic carboxylic acids is 1. The molecular weight excluding hydrogens is 310 g/mol. The molecule has 24 heavy (non-hydrogen) atoms. The molecule has 0 unspecified atom stereocenters. The average molecular weight is 329 g/mol. The Kier molecular flexibility index (Phi) is 4.33. The number of hydrogen-bond donors (Lipinski definition) is 2. The van der Waals surface area contributed by atoms with E-state index in [1.807, 2.05) is 0 Å². The lowest BCUT2D eigenvalue weighted by molar-refractivity contribution is 0.0695. The first-order chi connectivity index (χ1) is 11.5. The van der Waals surface area contributed by atoms with Crippen LogP contribution in [0.3, 0.4) is 0 Å². The molecule has 0 aliphatic heterocycles. The highest BCUT2D eigenvalue weighted by Gasteiger charge is 2.39. The summed E-state index contributed by atoms with van der Waals surface area (Å²) < 4.78 is 5.09. The topological polar surface area (TPSA) is 105 Å². The SMILES string of the molecule is Cc1nc(C2(NC(=O)c3ccc(C(=O)O)cc3)CCCCC2)no1. The molecule has 1 aliphatic rings. The van der Waals surface area contributed by atoms with Crippen molar-refractivity contribution in [1.82, 2.24) is 15.5 Å². The van der Waals surface area contributed by atoms with Crippen LogP contribution in [0.1, 0.15) is 64.5 Å². The molecule has 126 valence electrons. The van der Waals surface area contributed by atoms with Gasteiger partial charge < -0.3 is 14.9 Å². The van der Waals surface area contributed by atoms with Crippen molar-refractivity contribution >= 4 is 11.9 Å². The number of carbonyl (C=O) groups is 2. The van der Waals surface area contributed by atoms with Crippen molar-refractivity contribution in [2.45, 2.75) is 44.6 Å². The monoisotopic (exact) mass is 329 g/mol. The number of nitrogens with zero attached hydrogens (tertiary/aromatic N) is 2. The van der Waals surface area contributed by atoms with E-state index in [4.69, 9.17) is 9.63 Å². The van der Waals surface area contributed by atoms with E-state index < -0.39 is 11.5 Å². The van der Waals surface area contributed by atoms with Gasteiger partial charge in [-0.1, -0.05) is 24.4 Å². The number of benzene rings is 1. The second kappa shape index (κ2) is 6.43. The zero-order chi connectivity index (χ0) is 17.2. The molecule has 2 N–H and O–H groups in total. The Morgan fingerprint density at radius 2 is 1.75 bits per heavy atom. The summed E-state index contributed by atoms with van der Waals surface area (Å²) >= 11 is 0. The molecule has 7 nitrogen and oxygen atoms in total. The molecule has 2 aromatic rings. The van der Waals surface area contributed by atoms with E-state index in [9.17, 15) is 9.59 Å². The maximum absolute atomic E-state index is 12.6. The molecule has 1 amide bonds. The van der Waals surface area contributed by atoms with E-state index in [1.165, 1.54) is 24.3 Å². The third kappa shape index (κ3) is 3.15. The molecule has 1 aromatic heterocycles. The number of aromatic nitrogens is 2. The van der Waals surface area contributed by atoms with Gasteiger partial charge in [-0.05, 0) is 37.1 Å². The molecule has 7 heteroatoms. The predicted molar refractivity (Wildman–Crippen MR) is 84.7 cm³/mol. The third-order valence-corrected chi connectivity index (χ3v) is 4.41. The highest BCUT2D eigenvalue weighted by Crippen LogP contribution is 2.35. The van der Waals surface area contributed by atoms with Gasteiger partial charge in [-0.3, -0.25) is 4.79 Å². The Bertz CT molecular complexity index is 745. The minimum Gasteiger partial charge on any atom is -0.478 e. The van der Waals surface area contributed by atoms with E-state index in [0.29, 0.717) is 17.3 Å². The molecule has 3 rings (SSSR count). The number of rotatable bonds is 4. The number of aryl methyl sites for hydroxylation is 1. The Balaban J connectivity index is 1.84. The number of carboxylic acids is 1. The molecule has 1 heterocycles. The molecule has 0 radical (unpaired) electrons. The molecule has 1 saturated carbocycles. The number of hydrogen-bond acceptors (Lipinski definition) is 5. The second-order valence-electron chi connectivity index (χ2n) is 6.12. The fourth-order valence-electron chi connectivity index (χ4n) is 3.11. The van der Waals surface area contributed by atoms with Crippen molar-refractivity contribution in [3.8, 4) is 0 Å². The fraction of sp³-hybridized carbons (Fsp3) is 0.412. The van der Waals surface area contributed by atoms with Crippen molar-refractivity contribution in [3.05, 3.63) is 47.1 Å². The third-order valence-electron chi connectivity index (χ3n) is 4.41. The van der Waals surface area contributed by atoms with Crippen LogP contribution in [0.5, 0.6) is 0 Å². The normalized spacial score (nSPS) is 16.5. The van der Waals surface area contributed by atoms with Crippen LogP contribution in [0.2, 0.25) is 0 Å². The van der Waals surface area contributed by atoms with Gasteiger partial charge in [-0.2, -0.15) is 4.98 Å². The first kappa shape index (κ1) is 16.2. The molecular formula is C17H19N3O4. The summed E-state index contributed by atoms with van der Waals surface area (Å²) in [6.45, 7) is 1.72. The van der Waals surface area contributed by atoms with Crippen LogP contribution in [0.15, 0.2) is 28.8 Å². The summed E-state index contributed by atoms with van der Waals surface area (Å²) in [5, 5.41) is 16.0. The minimum atomic E-state index is -1.02. The zero-order valence-electron chi connectivity index (χ0n) is 13.4. The van der Waals surface area contributed by atoms with Gasteiger partial charge in [0.2, 0.25) is 5.89 Å². The zero-order valence-corrected chi connectivity index (χ0v) is 13.4. The van der Waals surface area contributed by atoms with E-state index in [-0.39, 0.29) is 11.5 Å². The molecule has 0 spiro atoms. The minimum absolute atomic E-state index is 0.146. The average Bonchev–Trinajstić information content (AvgIpc) is 3.03. The molecule has 0 bridgehead atoms. The van der Waals surface area contributed by atoms with Crippen LogP contribution in [0.25, 0.3) is 0 Å². The summed E-state index contributed by atoms with van der Waals surface area (Å²) in [6.07, 6.45) is 4.58. The van der Waals surface area contributed by atoms with Gasteiger partial charge in [0.05, 0.1) is 5.56 Å². The maximum atomic E-state index is 12.6. The van der Waals surface area contributed by atoms with Gasteiger partial charge in [0.1, 0.15) is 5.54 Å². The summed E-state index contributed by atoms with van der Waals surface area (Å²) in [5.41, 5.74) is -0.0728. The van der Waals surface area contributed by atoms with Gasteiger partial charge in [0, 0.05) is 12.5 Å². The fourth-order valence-corrected chi connectivity index (χ4v) is 3.11. The maximum Gasteiger partial charge on any atom is 0.335 e. The largest absolute Gasteiger partial charge is 0.478 e. The number of nitrogens with one attached hydrogen (secondary N) is 1. The van der Waals surface area contributed by atoms with E-state index in [2.05, 4.69) is 15.5 Å². The van der Waals surface area contributed by atoms with Gasteiger partial charge in [-0.25, -0.2) is 4.79 Å². The summed E-state index contributed by atoms with van der Waals surface area (Å²) in [5.74, 6) is -0.311. The van der Waals surface area contributed by atoms with Crippen LogP contribution in [0.4, 0.5) is 0 Å². The van der Waals surface area contributed by atoms with Crippen LogP contribution in [0, 0.1) is 6.92 Å².